The molecular formula is C18H21N3O5. The zero-order valence-corrected chi connectivity index (χ0v) is 14.6. The number of methoxy groups -OCH3 is 1. The van der Waals surface area contributed by atoms with Crippen molar-refractivity contribution in [2.45, 2.75) is 25.7 Å². The third kappa shape index (κ3) is 4.19. The van der Waals surface area contributed by atoms with Crippen LogP contribution in [0.2, 0.25) is 0 Å². The van der Waals surface area contributed by atoms with Crippen LogP contribution in [-0.4, -0.2) is 52.2 Å². The zero-order valence-electron chi connectivity index (χ0n) is 14.6. The third-order valence-corrected chi connectivity index (χ3v) is 4.49. The fourth-order valence-corrected chi connectivity index (χ4v) is 2.99. The van der Waals surface area contributed by atoms with Crippen LogP contribution in [0.3, 0.4) is 0 Å². The first-order valence-corrected chi connectivity index (χ1v) is 8.54. The Balaban J connectivity index is 1.55. The van der Waals surface area contributed by atoms with Gasteiger partial charge in [0.05, 0.1) is 13.0 Å². The van der Waals surface area contributed by atoms with Gasteiger partial charge in [-0.15, -0.1) is 0 Å². The second-order valence-electron chi connectivity index (χ2n) is 6.26. The van der Waals surface area contributed by atoms with Gasteiger partial charge in [-0.2, -0.15) is 4.98 Å². The number of carbonyl (C=O) groups is 2. The lowest BCUT2D eigenvalue weighted by molar-refractivity contribution is -0.145. The van der Waals surface area contributed by atoms with E-state index in [1.54, 1.807) is 12.0 Å². The number of carboxylic acids is 1. The highest BCUT2D eigenvalue weighted by Gasteiger charge is 2.28. The molecule has 1 aromatic carbocycles. The average molecular weight is 359 g/mol. The predicted octanol–water partition coefficient (Wildman–Crippen LogP) is 2.00. The van der Waals surface area contributed by atoms with Gasteiger partial charge in [0, 0.05) is 31.5 Å². The van der Waals surface area contributed by atoms with Crippen molar-refractivity contribution in [3.63, 3.8) is 0 Å². The summed E-state index contributed by atoms with van der Waals surface area (Å²) in [5.74, 6) is 0.181. The molecule has 1 atom stereocenters. The topological polar surface area (TPSA) is 106 Å². The molecule has 1 aliphatic rings. The quantitative estimate of drug-likeness (QED) is 0.841. The molecule has 1 aliphatic heterocycles. The normalized spacial score (nSPS) is 17.1. The molecule has 8 heteroatoms. The third-order valence-electron chi connectivity index (χ3n) is 4.49. The maximum Gasteiger partial charge on any atom is 0.308 e. The smallest absolute Gasteiger partial charge is 0.308 e. The number of aromatic nitrogens is 2. The summed E-state index contributed by atoms with van der Waals surface area (Å²) < 4.78 is 10.3. The summed E-state index contributed by atoms with van der Waals surface area (Å²) >= 11 is 0. The number of ether oxygens (including phenoxy) is 1. The first-order valence-electron chi connectivity index (χ1n) is 8.54. The molecule has 1 fully saturated rings. The van der Waals surface area contributed by atoms with Gasteiger partial charge < -0.3 is 19.3 Å². The van der Waals surface area contributed by atoms with Crippen molar-refractivity contribution in [3.05, 3.63) is 30.2 Å². The molecule has 0 spiro atoms. The van der Waals surface area contributed by atoms with Gasteiger partial charge in [-0.25, -0.2) is 0 Å². The molecule has 8 nitrogen and oxygen atoms in total. The van der Waals surface area contributed by atoms with Gasteiger partial charge in [0.2, 0.25) is 17.6 Å². The molecule has 0 radical (unpaired) electrons. The number of rotatable bonds is 6. The molecule has 26 heavy (non-hydrogen) atoms. The number of carboxylic acid groups (broad SMARTS) is 1. The molecule has 1 aromatic heterocycles. The van der Waals surface area contributed by atoms with Gasteiger partial charge in [-0.1, -0.05) is 5.16 Å². The van der Waals surface area contributed by atoms with Gasteiger partial charge in [0.25, 0.3) is 0 Å². The number of hydrogen-bond donors (Lipinski definition) is 1. The van der Waals surface area contributed by atoms with E-state index >= 15 is 0 Å². The number of aryl methyl sites for hydroxylation is 1. The molecule has 2 aromatic rings. The fraction of sp³-hybridized carbons (Fsp3) is 0.444. The first-order chi connectivity index (χ1) is 12.6. The molecule has 138 valence electrons. The number of amides is 1. The van der Waals surface area contributed by atoms with Crippen LogP contribution in [0.1, 0.15) is 25.2 Å². The largest absolute Gasteiger partial charge is 0.497 e. The summed E-state index contributed by atoms with van der Waals surface area (Å²) in [5.41, 5.74) is 0.799. The summed E-state index contributed by atoms with van der Waals surface area (Å²) in [6, 6.07) is 7.28. The SMILES string of the molecule is COc1ccc(-c2noc(CCC(=O)N3CCC[C@H](C(=O)O)C3)n2)cc1. The molecular weight excluding hydrogens is 338 g/mol. The lowest BCUT2D eigenvalue weighted by atomic mass is 9.98. The van der Waals surface area contributed by atoms with E-state index < -0.39 is 11.9 Å². The minimum atomic E-state index is -0.844. The highest BCUT2D eigenvalue weighted by Crippen LogP contribution is 2.21. The number of carbonyl (C=O) groups excluding carboxylic acids is 1. The molecule has 1 N–H and O–H groups in total. The van der Waals surface area contributed by atoms with Crippen molar-refractivity contribution in [1.29, 1.82) is 0 Å². The number of piperidine rings is 1. The molecule has 0 bridgehead atoms. The summed E-state index contributed by atoms with van der Waals surface area (Å²) in [6.45, 7) is 0.874. The lowest BCUT2D eigenvalue weighted by Crippen LogP contribution is -2.42. The van der Waals surface area contributed by atoms with Crippen LogP contribution >= 0.6 is 0 Å². The van der Waals surface area contributed by atoms with Gasteiger partial charge in [0.1, 0.15) is 5.75 Å². The van der Waals surface area contributed by atoms with Gasteiger partial charge in [0.15, 0.2) is 0 Å². The van der Waals surface area contributed by atoms with Crippen molar-refractivity contribution >= 4 is 11.9 Å². The van der Waals surface area contributed by atoms with E-state index in [0.29, 0.717) is 37.5 Å². The van der Waals surface area contributed by atoms with Crippen molar-refractivity contribution in [3.8, 4) is 17.1 Å². The van der Waals surface area contributed by atoms with E-state index in [1.807, 2.05) is 24.3 Å². The number of aliphatic carboxylic acids is 1. The summed E-state index contributed by atoms with van der Waals surface area (Å²) in [7, 11) is 1.60. The minimum Gasteiger partial charge on any atom is -0.497 e. The van der Waals surface area contributed by atoms with E-state index in [1.165, 1.54) is 0 Å². The highest BCUT2D eigenvalue weighted by atomic mass is 16.5. The van der Waals surface area contributed by atoms with E-state index in [-0.39, 0.29) is 18.9 Å². The van der Waals surface area contributed by atoms with Crippen LogP contribution in [-0.2, 0) is 16.0 Å². The minimum absolute atomic E-state index is 0.0832. The van der Waals surface area contributed by atoms with E-state index in [2.05, 4.69) is 10.1 Å². The predicted molar refractivity (Wildman–Crippen MR) is 91.5 cm³/mol. The maximum atomic E-state index is 12.3. The van der Waals surface area contributed by atoms with E-state index in [0.717, 1.165) is 11.3 Å². The Morgan fingerprint density at radius 1 is 1.35 bits per heavy atom. The van der Waals surface area contributed by atoms with Crippen molar-refractivity contribution in [2.75, 3.05) is 20.2 Å². The number of likely N-dealkylation sites (tertiary alicyclic amines) is 1. The Labute approximate surface area is 150 Å². The monoisotopic (exact) mass is 359 g/mol. The van der Waals surface area contributed by atoms with Gasteiger partial charge in [-0.3, -0.25) is 9.59 Å². The van der Waals surface area contributed by atoms with Crippen LogP contribution in [0.25, 0.3) is 11.4 Å². The Morgan fingerprint density at radius 2 is 2.12 bits per heavy atom. The van der Waals surface area contributed by atoms with Crippen LogP contribution < -0.4 is 4.74 Å². The number of nitrogens with zero attached hydrogens (tertiary/aromatic N) is 3. The molecule has 3 rings (SSSR count). The van der Waals surface area contributed by atoms with E-state index in [9.17, 15) is 9.59 Å². The second kappa shape index (κ2) is 7.99. The van der Waals surface area contributed by atoms with Crippen LogP contribution in [0.4, 0.5) is 0 Å². The molecule has 0 saturated carbocycles. The standard InChI is InChI=1S/C18H21N3O5/c1-25-14-6-4-12(5-7-14)17-19-15(26-20-17)8-9-16(22)21-10-2-3-13(11-21)18(23)24/h4-7,13H,2-3,8-11H2,1H3,(H,23,24)/t13-/m0/s1. The number of benzene rings is 1. The molecule has 0 unspecified atom stereocenters. The summed E-state index contributed by atoms with van der Waals surface area (Å²) in [6.07, 6.45) is 1.88. The summed E-state index contributed by atoms with van der Waals surface area (Å²) in [5, 5.41) is 13.0. The van der Waals surface area contributed by atoms with Crippen molar-refractivity contribution < 1.29 is 24.0 Å². The molecule has 0 aliphatic carbocycles. The summed E-state index contributed by atoms with van der Waals surface area (Å²) in [4.78, 5) is 29.3. The Bertz CT molecular complexity index is 771. The average Bonchev–Trinajstić information content (AvgIpc) is 3.15. The number of hydrogen-bond acceptors (Lipinski definition) is 6. The maximum absolute atomic E-state index is 12.3. The second-order valence-corrected chi connectivity index (χ2v) is 6.26. The Morgan fingerprint density at radius 3 is 2.81 bits per heavy atom. The van der Waals surface area contributed by atoms with Crippen LogP contribution in [0, 0.1) is 5.92 Å². The molecule has 2 heterocycles. The van der Waals surface area contributed by atoms with Gasteiger partial charge in [-0.05, 0) is 37.1 Å². The molecule has 1 amide bonds. The van der Waals surface area contributed by atoms with Crippen molar-refractivity contribution in [1.82, 2.24) is 15.0 Å². The van der Waals surface area contributed by atoms with Crippen molar-refractivity contribution in [2.24, 2.45) is 5.92 Å². The molecule has 1 saturated heterocycles. The first kappa shape index (κ1) is 17.9. The Hall–Kier alpha value is -2.90. The fourth-order valence-electron chi connectivity index (χ4n) is 2.99. The van der Waals surface area contributed by atoms with E-state index in [4.69, 9.17) is 14.4 Å². The van der Waals surface area contributed by atoms with Crippen LogP contribution in [0.5, 0.6) is 5.75 Å². The highest BCUT2D eigenvalue weighted by molar-refractivity contribution is 5.78. The lowest BCUT2D eigenvalue weighted by Gasteiger charge is -2.30. The van der Waals surface area contributed by atoms with Gasteiger partial charge >= 0.3 is 5.97 Å². The van der Waals surface area contributed by atoms with Crippen LogP contribution in [0.15, 0.2) is 28.8 Å². The Kier molecular flexibility index (Phi) is 5.50. The zero-order chi connectivity index (χ0) is 18.5.